The molecule has 1 aliphatic heterocycles. The Morgan fingerprint density at radius 2 is 2.06 bits per heavy atom. The van der Waals surface area contributed by atoms with Gasteiger partial charge in [-0.25, -0.2) is 0 Å². The molecule has 1 saturated heterocycles. The third-order valence-corrected chi connectivity index (χ3v) is 3.03. The topological polar surface area (TPSA) is 98.4 Å². The fraction of sp³-hybridized carbons (Fsp3) is 0.364. The van der Waals surface area contributed by atoms with Gasteiger partial charge in [-0.1, -0.05) is 0 Å². The molecule has 0 saturated carbocycles. The quantitative estimate of drug-likeness (QED) is 0.618. The molecule has 6 N–H and O–H groups in total. The maximum Gasteiger partial charge on any atom is 0.222 e. The Bertz CT molecular complexity index is 418. The minimum absolute atomic E-state index is 0.0567. The summed E-state index contributed by atoms with van der Waals surface area (Å²) in [7, 11) is 0. The summed E-state index contributed by atoms with van der Waals surface area (Å²) in [6.45, 7) is 1.50. The van der Waals surface area contributed by atoms with Gasteiger partial charge in [0.15, 0.2) is 0 Å². The minimum atomic E-state index is -0.231. The van der Waals surface area contributed by atoms with E-state index in [0.717, 1.165) is 18.7 Å². The highest BCUT2D eigenvalue weighted by molar-refractivity contribution is 5.78. The first-order valence-corrected chi connectivity index (χ1v) is 5.27. The van der Waals surface area contributed by atoms with Gasteiger partial charge in [-0.15, -0.1) is 0 Å². The first-order valence-electron chi connectivity index (χ1n) is 5.27. The van der Waals surface area contributed by atoms with Crippen molar-refractivity contribution in [3.8, 4) is 0 Å². The van der Waals surface area contributed by atoms with Crippen molar-refractivity contribution < 1.29 is 4.79 Å². The van der Waals surface area contributed by atoms with Gasteiger partial charge in [0.2, 0.25) is 5.91 Å². The summed E-state index contributed by atoms with van der Waals surface area (Å²) in [4.78, 5) is 13.2. The highest BCUT2D eigenvalue weighted by Crippen LogP contribution is 2.27. The minimum Gasteiger partial charge on any atom is -0.397 e. The fourth-order valence-electron chi connectivity index (χ4n) is 1.99. The van der Waals surface area contributed by atoms with Crippen LogP contribution in [-0.4, -0.2) is 19.0 Å². The predicted octanol–water partition coefficient (Wildman–Crippen LogP) is 0.163. The molecule has 0 bridgehead atoms. The van der Waals surface area contributed by atoms with E-state index < -0.39 is 0 Å². The number of nitrogen functional groups attached to an aromatic ring is 2. The molecule has 2 rings (SSSR count). The summed E-state index contributed by atoms with van der Waals surface area (Å²) in [5.74, 6) is -0.287. The van der Waals surface area contributed by atoms with Crippen molar-refractivity contribution >= 4 is 23.0 Å². The van der Waals surface area contributed by atoms with Gasteiger partial charge in [0.1, 0.15) is 0 Å². The SMILES string of the molecule is NC(=O)C1CCN(c2ccc(N)c(N)c2)C1. The zero-order chi connectivity index (χ0) is 11.7. The molecule has 86 valence electrons. The Morgan fingerprint density at radius 3 is 2.62 bits per heavy atom. The normalized spacial score (nSPS) is 20.0. The Hall–Kier alpha value is -1.91. The van der Waals surface area contributed by atoms with Crippen LogP contribution < -0.4 is 22.1 Å². The molecule has 1 fully saturated rings. The second-order valence-corrected chi connectivity index (χ2v) is 4.15. The smallest absolute Gasteiger partial charge is 0.222 e. The number of hydrogen-bond donors (Lipinski definition) is 3. The summed E-state index contributed by atoms with van der Waals surface area (Å²) < 4.78 is 0. The molecule has 0 spiro atoms. The van der Waals surface area contributed by atoms with E-state index in [1.165, 1.54) is 0 Å². The van der Waals surface area contributed by atoms with E-state index in [0.29, 0.717) is 17.9 Å². The molecule has 1 aromatic carbocycles. The van der Waals surface area contributed by atoms with Crippen LogP contribution in [0.1, 0.15) is 6.42 Å². The average Bonchev–Trinajstić information content (AvgIpc) is 2.71. The van der Waals surface area contributed by atoms with Crippen LogP contribution in [-0.2, 0) is 4.79 Å². The van der Waals surface area contributed by atoms with Crippen LogP contribution in [0.4, 0.5) is 17.1 Å². The van der Waals surface area contributed by atoms with Gasteiger partial charge >= 0.3 is 0 Å². The van der Waals surface area contributed by atoms with E-state index in [1.807, 2.05) is 12.1 Å². The first-order chi connectivity index (χ1) is 7.58. The largest absolute Gasteiger partial charge is 0.397 e. The van der Waals surface area contributed by atoms with Gasteiger partial charge in [0, 0.05) is 18.8 Å². The number of carbonyl (C=O) groups excluding carboxylic acids is 1. The van der Waals surface area contributed by atoms with E-state index in [4.69, 9.17) is 17.2 Å². The molecule has 1 unspecified atom stereocenters. The molecular formula is C11H16N4O. The lowest BCUT2D eigenvalue weighted by Gasteiger charge is -2.19. The Balaban J connectivity index is 2.14. The summed E-state index contributed by atoms with van der Waals surface area (Å²) in [6.07, 6.45) is 0.805. The van der Waals surface area contributed by atoms with Crippen LogP contribution in [0.5, 0.6) is 0 Å². The zero-order valence-corrected chi connectivity index (χ0v) is 9.02. The van der Waals surface area contributed by atoms with Crippen LogP contribution in [0.2, 0.25) is 0 Å². The molecule has 16 heavy (non-hydrogen) atoms. The maximum absolute atomic E-state index is 11.1. The van der Waals surface area contributed by atoms with Crippen LogP contribution in [0, 0.1) is 5.92 Å². The van der Waals surface area contributed by atoms with Crippen LogP contribution in [0.25, 0.3) is 0 Å². The van der Waals surface area contributed by atoms with E-state index in [2.05, 4.69) is 4.90 Å². The molecule has 1 heterocycles. The number of benzene rings is 1. The van der Waals surface area contributed by atoms with Gasteiger partial charge in [-0.3, -0.25) is 4.79 Å². The third-order valence-electron chi connectivity index (χ3n) is 3.03. The molecule has 1 aromatic rings. The monoisotopic (exact) mass is 220 g/mol. The number of nitrogens with zero attached hydrogens (tertiary/aromatic N) is 1. The highest BCUT2D eigenvalue weighted by atomic mass is 16.1. The molecule has 0 radical (unpaired) electrons. The van der Waals surface area contributed by atoms with E-state index in [1.54, 1.807) is 6.07 Å². The number of nitrogens with two attached hydrogens (primary N) is 3. The van der Waals surface area contributed by atoms with Crippen molar-refractivity contribution in [2.24, 2.45) is 11.7 Å². The standard InChI is InChI=1S/C11H16N4O/c12-9-2-1-8(5-10(9)13)15-4-3-7(6-15)11(14)16/h1-2,5,7H,3-4,6,12-13H2,(H2,14,16). The van der Waals surface area contributed by atoms with Gasteiger partial charge in [0.25, 0.3) is 0 Å². The van der Waals surface area contributed by atoms with Gasteiger partial charge in [0.05, 0.1) is 17.3 Å². The van der Waals surface area contributed by atoms with Crippen molar-refractivity contribution in [3.05, 3.63) is 18.2 Å². The van der Waals surface area contributed by atoms with E-state index >= 15 is 0 Å². The lowest BCUT2D eigenvalue weighted by molar-refractivity contribution is -0.121. The lowest BCUT2D eigenvalue weighted by Crippen LogP contribution is -2.27. The highest BCUT2D eigenvalue weighted by Gasteiger charge is 2.26. The van der Waals surface area contributed by atoms with Crippen LogP contribution in [0.3, 0.4) is 0 Å². The van der Waals surface area contributed by atoms with Crippen molar-refractivity contribution in [1.29, 1.82) is 0 Å². The molecule has 5 nitrogen and oxygen atoms in total. The summed E-state index contributed by atoms with van der Waals surface area (Å²) in [5, 5.41) is 0. The Kier molecular flexibility index (Phi) is 2.60. The number of carbonyl (C=O) groups is 1. The van der Waals surface area contributed by atoms with Crippen molar-refractivity contribution in [2.75, 3.05) is 29.5 Å². The van der Waals surface area contributed by atoms with Crippen molar-refractivity contribution in [3.63, 3.8) is 0 Å². The second kappa shape index (κ2) is 3.92. The Labute approximate surface area is 94.2 Å². The summed E-state index contributed by atoms with van der Waals surface area (Å²) >= 11 is 0. The second-order valence-electron chi connectivity index (χ2n) is 4.15. The third kappa shape index (κ3) is 1.88. The van der Waals surface area contributed by atoms with Crippen LogP contribution >= 0.6 is 0 Å². The molecule has 0 aromatic heterocycles. The number of anilines is 3. The average molecular weight is 220 g/mol. The van der Waals surface area contributed by atoms with E-state index in [9.17, 15) is 4.79 Å². The van der Waals surface area contributed by atoms with Crippen molar-refractivity contribution in [2.45, 2.75) is 6.42 Å². The first kappa shape index (κ1) is 10.6. The van der Waals surface area contributed by atoms with Gasteiger partial charge in [-0.2, -0.15) is 0 Å². The van der Waals surface area contributed by atoms with Gasteiger partial charge in [-0.05, 0) is 24.6 Å². The van der Waals surface area contributed by atoms with Gasteiger partial charge < -0.3 is 22.1 Å². The number of amides is 1. The molecule has 0 aliphatic carbocycles. The molecule has 1 amide bonds. The molecular weight excluding hydrogens is 204 g/mol. The number of hydrogen-bond acceptors (Lipinski definition) is 4. The molecule has 5 heteroatoms. The summed E-state index contributed by atoms with van der Waals surface area (Å²) in [5.41, 5.74) is 18.8. The zero-order valence-electron chi connectivity index (χ0n) is 9.02. The van der Waals surface area contributed by atoms with E-state index in [-0.39, 0.29) is 11.8 Å². The number of primary amides is 1. The summed E-state index contributed by atoms with van der Waals surface area (Å²) in [6, 6.07) is 5.52. The van der Waals surface area contributed by atoms with Crippen molar-refractivity contribution in [1.82, 2.24) is 0 Å². The van der Waals surface area contributed by atoms with Crippen LogP contribution in [0.15, 0.2) is 18.2 Å². The Morgan fingerprint density at radius 1 is 1.31 bits per heavy atom. The molecule has 1 aliphatic rings. The molecule has 1 atom stereocenters. The lowest BCUT2D eigenvalue weighted by atomic mass is 10.1. The maximum atomic E-state index is 11.1. The predicted molar refractivity (Wildman–Crippen MR) is 64.8 cm³/mol. The fourth-order valence-corrected chi connectivity index (χ4v) is 1.99. The number of rotatable bonds is 2.